The van der Waals surface area contributed by atoms with Crippen LogP contribution in [0.25, 0.3) is 0 Å². The van der Waals surface area contributed by atoms with E-state index in [0.29, 0.717) is 6.54 Å². The van der Waals surface area contributed by atoms with Crippen molar-refractivity contribution >= 4 is 5.91 Å². The Bertz CT molecular complexity index is 232. The maximum atomic E-state index is 11.1. The summed E-state index contributed by atoms with van der Waals surface area (Å²) in [4.78, 5) is 11.1. The number of nitrogens with zero attached hydrogens (tertiary/aromatic N) is 2. The molecule has 1 amide bonds. The second kappa shape index (κ2) is 4.48. The predicted molar refractivity (Wildman–Crippen MR) is 42.5 cm³/mol. The van der Waals surface area contributed by atoms with Crippen molar-refractivity contribution in [3.63, 3.8) is 0 Å². The van der Waals surface area contributed by atoms with Crippen LogP contribution in [-0.4, -0.2) is 27.9 Å². The molecule has 1 aromatic rings. The summed E-state index contributed by atoms with van der Waals surface area (Å²) < 4.78 is 0. The highest BCUT2D eigenvalue weighted by Crippen LogP contribution is 1.88. The number of nitrogens with one attached hydrogen (secondary N) is 2. The van der Waals surface area contributed by atoms with E-state index in [-0.39, 0.29) is 11.6 Å². The van der Waals surface area contributed by atoms with E-state index in [2.05, 4.69) is 33.8 Å². The molecule has 1 aromatic heterocycles. The average Bonchev–Trinajstić information content (AvgIpc) is 2.56. The van der Waals surface area contributed by atoms with Crippen LogP contribution in [0, 0.1) is 6.20 Å². The van der Waals surface area contributed by atoms with Gasteiger partial charge in [-0.05, 0) is 6.42 Å². The van der Waals surface area contributed by atoms with Gasteiger partial charge < -0.3 is 5.32 Å². The van der Waals surface area contributed by atoms with E-state index in [1.165, 1.54) is 0 Å². The van der Waals surface area contributed by atoms with Gasteiger partial charge in [0, 0.05) is 6.54 Å². The summed E-state index contributed by atoms with van der Waals surface area (Å²) in [5.74, 6) is -0.225. The first-order valence-corrected chi connectivity index (χ1v) is 3.91. The fraction of sp³-hybridized carbons (Fsp3) is 0.571. The lowest BCUT2D eigenvalue weighted by atomic mass is 10.3. The van der Waals surface area contributed by atoms with Gasteiger partial charge in [-0.15, -0.1) is 5.10 Å². The number of hydrogen-bond donors (Lipinski definition) is 2. The van der Waals surface area contributed by atoms with Crippen molar-refractivity contribution in [3.05, 3.63) is 11.9 Å². The summed E-state index contributed by atoms with van der Waals surface area (Å²) in [6, 6.07) is 0. The molecule has 1 heterocycles. The number of amides is 1. The van der Waals surface area contributed by atoms with E-state index in [1.54, 1.807) is 0 Å². The zero-order chi connectivity index (χ0) is 8.81. The standard InChI is InChI=1S/C7H11N4O/c1-2-3-4-8-7(12)6-5-9-11-10-6/h2-4H2,1H3,(H,8,12)(H,9,10,11). The van der Waals surface area contributed by atoms with Gasteiger partial charge >= 0.3 is 0 Å². The minimum absolute atomic E-state index is 0.214. The summed E-state index contributed by atoms with van der Waals surface area (Å²) in [5.41, 5.74) is 0.214. The predicted octanol–water partition coefficient (Wildman–Crippen LogP) is 0.135. The summed E-state index contributed by atoms with van der Waals surface area (Å²) in [7, 11) is 0. The van der Waals surface area contributed by atoms with Gasteiger partial charge in [-0.2, -0.15) is 0 Å². The molecule has 0 bridgehead atoms. The zero-order valence-electron chi connectivity index (χ0n) is 6.92. The van der Waals surface area contributed by atoms with Gasteiger partial charge in [0.15, 0.2) is 5.69 Å². The van der Waals surface area contributed by atoms with Crippen LogP contribution < -0.4 is 5.32 Å². The van der Waals surface area contributed by atoms with Gasteiger partial charge in [0.2, 0.25) is 0 Å². The average molecular weight is 167 g/mol. The molecule has 1 radical (unpaired) electrons. The van der Waals surface area contributed by atoms with Crippen molar-refractivity contribution in [2.24, 2.45) is 0 Å². The van der Waals surface area contributed by atoms with Gasteiger partial charge in [-0.25, -0.2) is 0 Å². The zero-order valence-corrected chi connectivity index (χ0v) is 6.92. The first-order chi connectivity index (χ1) is 5.84. The number of aromatic nitrogens is 3. The van der Waals surface area contributed by atoms with Gasteiger partial charge in [0.25, 0.3) is 5.91 Å². The molecule has 0 aliphatic rings. The lowest BCUT2D eigenvalue weighted by molar-refractivity contribution is 0.0948. The van der Waals surface area contributed by atoms with Crippen LogP contribution in [0.1, 0.15) is 30.3 Å². The Morgan fingerprint density at radius 3 is 3.17 bits per heavy atom. The van der Waals surface area contributed by atoms with E-state index in [9.17, 15) is 4.79 Å². The lowest BCUT2D eigenvalue weighted by Crippen LogP contribution is -2.24. The van der Waals surface area contributed by atoms with Crippen molar-refractivity contribution in [2.45, 2.75) is 19.8 Å². The quantitative estimate of drug-likeness (QED) is 0.626. The normalized spacial score (nSPS) is 9.75. The first-order valence-electron chi connectivity index (χ1n) is 3.91. The van der Waals surface area contributed by atoms with E-state index in [4.69, 9.17) is 0 Å². The molecule has 65 valence electrons. The number of carbonyl (C=O) groups excluding carboxylic acids is 1. The number of unbranched alkanes of at least 4 members (excludes halogenated alkanes) is 1. The number of rotatable bonds is 4. The molecule has 2 N–H and O–H groups in total. The van der Waals surface area contributed by atoms with Gasteiger partial charge in [0.05, 0.1) is 0 Å². The third-order valence-corrected chi connectivity index (χ3v) is 1.41. The maximum Gasteiger partial charge on any atom is 0.274 e. The molecule has 0 saturated heterocycles. The molecule has 0 saturated carbocycles. The van der Waals surface area contributed by atoms with E-state index in [0.717, 1.165) is 12.8 Å². The molecule has 0 unspecified atom stereocenters. The fourth-order valence-electron chi connectivity index (χ4n) is 0.743. The lowest BCUT2D eigenvalue weighted by Gasteiger charge is -1.98. The summed E-state index contributed by atoms with van der Waals surface area (Å²) >= 11 is 0. The molecule has 0 aliphatic heterocycles. The molecule has 1 rings (SSSR count). The van der Waals surface area contributed by atoms with Crippen molar-refractivity contribution < 1.29 is 4.79 Å². The van der Waals surface area contributed by atoms with Gasteiger partial charge in [0.1, 0.15) is 6.20 Å². The van der Waals surface area contributed by atoms with Crippen LogP contribution >= 0.6 is 0 Å². The molecule has 12 heavy (non-hydrogen) atoms. The molecule has 5 nitrogen and oxygen atoms in total. The highest BCUT2D eigenvalue weighted by Gasteiger charge is 2.06. The third kappa shape index (κ3) is 2.34. The smallest absolute Gasteiger partial charge is 0.274 e. The SMILES string of the molecule is CCCCNC(=O)c1[c][nH]nn1. The first kappa shape index (κ1) is 8.70. The molecule has 0 aromatic carbocycles. The summed E-state index contributed by atoms with van der Waals surface area (Å²) in [5, 5.41) is 11.9. The molecule has 0 spiro atoms. The summed E-state index contributed by atoms with van der Waals surface area (Å²) in [6.07, 6.45) is 4.54. The number of aromatic amines is 1. The third-order valence-electron chi connectivity index (χ3n) is 1.41. The minimum atomic E-state index is -0.225. The second-order valence-corrected chi connectivity index (χ2v) is 2.39. The maximum absolute atomic E-state index is 11.1. The largest absolute Gasteiger partial charge is 0.351 e. The van der Waals surface area contributed by atoms with Crippen LogP contribution in [0.5, 0.6) is 0 Å². The van der Waals surface area contributed by atoms with Crippen LogP contribution in [0.15, 0.2) is 0 Å². The fourth-order valence-corrected chi connectivity index (χ4v) is 0.743. The van der Waals surface area contributed by atoms with Crippen molar-refractivity contribution in [2.75, 3.05) is 6.54 Å². The number of hydrogen-bond acceptors (Lipinski definition) is 3. The highest BCUT2D eigenvalue weighted by atomic mass is 16.1. The Kier molecular flexibility index (Phi) is 3.25. The van der Waals surface area contributed by atoms with Crippen molar-refractivity contribution in [3.8, 4) is 0 Å². The Morgan fingerprint density at radius 1 is 1.75 bits per heavy atom. The van der Waals surface area contributed by atoms with Gasteiger partial charge in [-0.1, -0.05) is 18.6 Å². The van der Waals surface area contributed by atoms with E-state index >= 15 is 0 Å². The van der Waals surface area contributed by atoms with Crippen molar-refractivity contribution in [1.82, 2.24) is 20.7 Å². The van der Waals surface area contributed by atoms with Gasteiger partial charge in [-0.3, -0.25) is 9.89 Å². The molecule has 0 atom stereocenters. The Morgan fingerprint density at radius 2 is 2.58 bits per heavy atom. The number of carbonyl (C=O) groups is 1. The Balaban J connectivity index is 2.30. The second-order valence-electron chi connectivity index (χ2n) is 2.39. The Hall–Kier alpha value is -1.39. The van der Waals surface area contributed by atoms with Crippen LogP contribution in [0.3, 0.4) is 0 Å². The summed E-state index contributed by atoms with van der Waals surface area (Å²) in [6.45, 7) is 2.74. The van der Waals surface area contributed by atoms with Crippen LogP contribution in [0.4, 0.5) is 0 Å². The highest BCUT2D eigenvalue weighted by molar-refractivity contribution is 5.91. The van der Waals surface area contributed by atoms with E-state index < -0.39 is 0 Å². The monoisotopic (exact) mass is 167 g/mol. The topological polar surface area (TPSA) is 70.7 Å². The van der Waals surface area contributed by atoms with Crippen LogP contribution in [-0.2, 0) is 0 Å². The van der Waals surface area contributed by atoms with Crippen molar-refractivity contribution in [1.29, 1.82) is 0 Å². The molecular weight excluding hydrogens is 156 g/mol. The molecule has 0 aliphatic carbocycles. The minimum Gasteiger partial charge on any atom is -0.351 e. The van der Waals surface area contributed by atoms with E-state index in [1.807, 2.05) is 0 Å². The molecular formula is C7H11N4O. The molecule has 5 heteroatoms. The Labute approximate surface area is 70.6 Å². The van der Waals surface area contributed by atoms with Crippen LogP contribution in [0.2, 0.25) is 0 Å². The molecule has 0 fully saturated rings. The number of H-pyrrole nitrogens is 1.